The summed E-state index contributed by atoms with van der Waals surface area (Å²) in [6.45, 7) is 2.48. The second-order valence-electron chi connectivity index (χ2n) is 4.36. The molecule has 0 amide bonds. The maximum atomic E-state index is 6.07. The van der Waals surface area contributed by atoms with E-state index in [2.05, 4.69) is 17.1 Å². The minimum Gasteiger partial charge on any atom is -0.377 e. The third-order valence-electron chi connectivity index (χ3n) is 3.26. The fourth-order valence-corrected chi connectivity index (χ4v) is 2.13. The zero-order chi connectivity index (χ0) is 10.9. The largest absolute Gasteiger partial charge is 0.377 e. The van der Waals surface area contributed by atoms with E-state index in [4.69, 9.17) is 15.0 Å². The van der Waals surface area contributed by atoms with Crippen molar-refractivity contribution in [2.75, 3.05) is 7.11 Å². The first-order chi connectivity index (χ1) is 7.16. The Morgan fingerprint density at radius 1 is 1.67 bits per heavy atom. The number of nitrogens with two attached hydrogens (primary N) is 1. The fraction of sp³-hybridized carbons (Fsp3) is 0.800. The average molecular weight is 211 g/mol. The Morgan fingerprint density at radius 2 is 2.47 bits per heavy atom. The zero-order valence-corrected chi connectivity index (χ0v) is 9.19. The van der Waals surface area contributed by atoms with Crippen molar-refractivity contribution in [3.8, 4) is 0 Å². The van der Waals surface area contributed by atoms with Crippen molar-refractivity contribution in [1.82, 2.24) is 10.1 Å². The molecule has 2 N–H and O–H groups in total. The summed E-state index contributed by atoms with van der Waals surface area (Å²) in [7, 11) is 1.61. The molecule has 1 aliphatic carbocycles. The number of rotatable bonds is 3. The van der Waals surface area contributed by atoms with Crippen LogP contribution in [0.4, 0.5) is 0 Å². The molecule has 0 bridgehead atoms. The molecule has 0 saturated heterocycles. The lowest BCUT2D eigenvalue weighted by atomic mass is 9.85. The molecule has 15 heavy (non-hydrogen) atoms. The van der Waals surface area contributed by atoms with Crippen LogP contribution in [0.3, 0.4) is 0 Å². The highest BCUT2D eigenvalue weighted by molar-refractivity contribution is 5.11. The molecule has 0 aliphatic heterocycles. The summed E-state index contributed by atoms with van der Waals surface area (Å²) in [5.74, 6) is 1.24. The third-order valence-corrected chi connectivity index (χ3v) is 3.26. The third kappa shape index (κ3) is 1.77. The van der Waals surface area contributed by atoms with Crippen LogP contribution < -0.4 is 5.73 Å². The van der Waals surface area contributed by atoms with E-state index in [1.54, 1.807) is 7.11 Å². The summed E-state index contributed by atoms with van der Waals surface area (Å²) in [6, 6.07) is 0.119. The van der Waals surface area contributed by atoms with Crippen molar-refractivity contribution in [2.24, 2.45) is 5.73 Å². The number of hydrogen-bond acceptors (Lipinski definition) is 5. The van der Waals surface area contributed by atoms with Crippen molar-refractivity contribution >= 4 is 0 Å². The van der Waals surface area contributed by atoms with Gasteiger partial charge in [0.2, 0.25) is 5.89 Å². The van der Waals surface area contributed by atoms with Crippen molar-refractivity contribution in [1.29, 1.82) is 0 Å². The van der Waals surface area contributed by atoms with Gasteiger partial charge in [0.25, 0.3) is 0 Å². The van der Waals surface area contributed by atoms with Gasteiger partial charge >= 0.3 is 0 Å². The lowest BCUT2D eigenvalue weighted by molar-refractivity contribution is 0.174. The van der Waals surface area contributed by atoms with E-state index in [0.717, 1.165) is 19.3 Å². The van der Waals surface area contributed by atoms with Gasteiger partial charge in [0.05, 0.1) is 5.41 Å². The predicted molar refractivity (Wildman–Crippen MR) is 54.2 cm³/mol. The quantitative estimate of drug-likeness (QED) is 0.806. The van der Waals surface area contributed by atoms with Gasteiger partial charge in [-0.2, -0.15) is 4.98 Å². The number of nitrogens with zero attached hydrogens (tertiary/aromatic N) is 2. The van der Waals surface area contributed by atoms with E-state index in [9.17, 15) is 0 Å². The molecule has 5 heteroatoms. The van der Waals surface area contributed by atoms with Gasteiger partial charge in [-0.1, -0.05) is 11.6 Å². The molecular weight excluding hydrogens is 194 g/mol. The van der Waals surface area contributed by atoms with Crippen LogP contribution in [0.1, 0.15) is 37.9 Å². The van der Waals surface area contributed by atoms with Crippen LogP contribution in [0, 0.1) is 0 Å². The number of aromatic nitrogens is 2. The summed E-state index contributed by atoms with van der Waals surface area (Å²) < 4.78 is 10.2. The molecule has 84 valence electrons. The van der Waals surface area contributed by atoms with Crippen molar-refractivity contribution in [3.05, 3.63) is 11.7 Å². The number of ether oxygens (including phenoxy) is 1. The molecule has 1 heterocycles. The Morgan fingerprint density at radius 3 is 3.07 bits per heavy atom. The van der Waals surface area contributed by atoms with Crippen LogP contribution in [0.15, 0.2) is 4.52 Å². The van der Waals surface area contributed by atoms with Gasteiger partial charge in [0, 0.05) is 13.2 Å². The molecule has 1 aliphatic rings. The molecule has 1 saturated carbocycles. The first-order valence-corrected chi connectivity index (χ1v) is 5.24. The summed E-state index contributed by atoms with van der Waals surface area (Å²) >= 11 is 0. The Kier molecular flexibility index (Phi) is 2.75. The smallest absolute Gasteiger partial charge is 0.234 e. The highest BCUT2D eigenvalue weighted by Gasteiger charge is 2.42. The van der Waals surface area contributed by atoms with E-state index in [1.165, 1.54) is 0 Å². The molecule has 1 aromatic heterocycles. The molecule has 0 spiro atoms. The Balaban J connectivity index is 2.21. The van der Waals surface area contributed by atoms with E-state index in [0.29, 0.717) is 18.3 Å². The van der Waals surface area contributed by atoms with E-state index < -0.39 is 0 Å². The minimum absolute atomic E-state index is 0.119. The average Bonchev–Trinajstić information content (AvgIpc) is 2.77. The first-order valence-electron chi connectivity index (χ1n) is 5.24. The zero-order valence-electron chi connectivity index (χ0n) is 9.19. The number of methoxy groups -OCH3 is 1. The summed E-state index contributed by atoms with van der Waals surface area (Å²) in [5, 5.41) is 3.86. The Bertz CT molecular complexity index is 339. The lowest BCUT2D eigenvalue weighted by Gasteiger charge is -2.23. The highest BCUT2D eigenvalue weighted by atomic mass is 16.5. The van der Waals surface area contributed by atoms with Gasteiger partial charge in [0.15, 0.2) is 5.82 Å². The summed E-state index contributed by atoms with van der Waals surface area (Å²) in [4.78, 5) is 4.32. The van der Waals surface area contributed by atoms with Crippen LogP contribution in [0.5, 0.6) is 0 Å². The molecule has 2 rings (SSSR count). The van der Waals surface area contributed by atoms with Crippen molar-refractivity contribution < 1.29 is 9.26 Å². The summed E-state index contributed by atoms with van der Waals surface area (Å²) in [6.07, 6.45) is 3.17. The SMILES string of the molecule is COCc1noc(C2(C)CCCC2N)n1. The van der Waals surface area contributed by atoms with E-state index in [1.807, 2.05) is 0 Å². The topological polar surface area (TPSA) is 74.2 Å². The molecule has 5 nitrogen and oxygen atoms in total. The van der Waals surface area contributed by atoms with Gasteiger partial charge in [-0.05, 0) is 19.8 Å². The normalized spacial score (nSPS) is 31.0. The predicted octanol–water partition coefficient (Wildman–Crippen LogP) is 0.985. The van der Waals surface area contributed by atoms with Gasteiger partial charge in [-0.3, -0.25) is 0 Å². The first kappa shape index (κ1) is 10.6. The molecular formula is C10H17N3O2. The second kappa shape index (κ2) is 3.90. The Hall–Kier alpha value is -0.940. The van der Waals surface area contributed by atoms with Crippen LogP contribution in [0.25, 0.3) is 0 Å². The maximum absolute atomic E-state index is 6.07. The lowest BCUT2D eigenvalue weighted by Crippen LogP contribution is -2.38. The highest BCUT2D eigenvalue weighted by Crippen LogP contribution is 2.38. The minimum atomic E-state index is -0.154. The Labute approximate surface area is 89.0 Å². The molecule has 0 aromatic carbocycles. The molecule has 2 atom stereocenters. The van der Waals surface area contributed by atoms with Crippen molar-refractivity contribution in [2.45, 2.75) is 44.2 Å². The molecule has 1 fully saturated rings. The van der Waals surface area contributed by atoms with Gasteiger partial charge in [-0.25, -0.2) is 0 Å². The van der Waals surface area contributed by atoms with Crippen LogP contribution in [0.2, 0.25) is 0 Å². The fourth-order valence-electron chi connectivity index (χ4n) is 2.13. The number of hydrogen-bond donors (Lipinski definition) is 1. The van der Waals surface area contributed by atoms with Gasteiger partial charge in [-0.15, -0.1) is 0 Å². The standard InChI is InChI=1S/C10H17N3O2/c1-10(5-3-4-7(10)11)9-12-8(6-14-2)13-15-9/h7H,3-6,11H2,1-2H3. The molecule has 0 radical (unpaired) electrons. The van der Waals surface area contributed by atoms with Crippen LogP contribution >= 0.6 is 0 Å². The maximum Gasteiger partial charge on any atom is 0.234 e. The van der Waals surface area contributed by atoms with E-state index >= 15 is 0 Å². The monoisotopic (exact) mass is 211 g/mol. The van der Waals surface area contributed by atoms with E-state index in [-0.39, 0.29) is 11.5 Å². The van der Waals surface area contributed by atoms with Gasteiger partial charge < -0.3 is 15.0 Å². The van der Waals surface area contributed by atoms with Crippen LogP contribution in [-0.4, -0.2) is 23.3 Å². The van der Waals surface area contributed by atoms with Crippen molar-refractivity contribution in [3.63, 3.8) is 0 Å². The molecule has 2 unspecified atom stereocenters. The molecule has 1 aromatic rings. The summed E-state index contributed by atoms with van der Waals surface area (Å²) in [5.41, 5.74) is 5.92. The van der Waals surface area contributed by atoms with Gasteiger partial charge in [0.1, 0.15) is 6.61 Å². The second-order valence-corrected chi connectivity index (χ2v) is 4.36. The van der Waals surface area contributed by atoms with Crippen LogP contribution in [-0.2, 0) is 16.8 Å².